The molecule has 52 heavy (non-hydrogen) atoms. The summed E-state index contributed by atoms with van der Waals surface area (Å²) in [7, 11) is -4.01. The Morgan fingerprint density at radius 3 is 2.27 bits per heavy atom. The number of hydrogen-bond acceptors (Lipinski definition) is 8. The van der Waals surface area contributed by atoms with Gasteiger partial charge in [0.1, 0.15) is 6.04 Å². The molecule has 1 unspecified atom stereocenters. The number of thioether (sulfide) groups is 1. The number of hydrogen-bond donors (Lipinski definition) is 4. The molecule has 1 aliphatic heterocycles. The van der Waals surface area contributed by atoms with E-state index in [2.05, 4.69) is 17.0 Å². The molecule has 9 nitrogen and oxygen atoms in total. The second-order valence-electron chi connectivity index (χ2n) is 13.0. The van der Waals surface area contributed by atoms with E-state index in [0.29, 0.717) is 22.7 Å². The standard InChI is InChI=1S/C41H43N3O6S2/c1-27-15-21-34(22-16-27)52(47,48)44-36(23-29-9-4-3-5-10-29)40(46)43-33-12-8-11-32(24-33)41-49-37(26-51-38-14-7-6-13-35(38)42)28(2)39(50-41)31-19-17-30(25-45)18-20-31/h3-22,24,28,36-37,39,41,44-45H,23,25-26,42H2,1-2H3,(H,43,46)/t28-,36+,37+,39+,41?/m0/s1. The number of nitrogen functional groups attached to an aromatic ring is 1. The van der Waals surface area contributed by atoms with E-state index in [0.717, 1.165) is 27.1 Å². The fourth-order valence-corrected chi connectivity index (χ4v) is 8.43. The van der Waals surface area contributed by atoms with Crippen LogP contribution in [-0.4, -0.2) is 37.3 Å². The summed E-state index contributed by atoms with van der Waals surface area (Å²) in [5.41, 5.74) is 11.6. The summed E-state index contributed by atoms with van der Waals surface area (Å²) in [6.45, 7) is 3.92. The number of sulfonamides is 1. The van der Waals surface area contributed by atoms with Crippen LogP contribution in [0.25, 0.3) is 0 Å². The van der Waals surface area contributed by atoms with Crippen LogP contribution in [0.1, 0.15) is 47.1 Å². The molecule has 0 radical (unpaired) electrons. The van der Waals surface area contributed by atoms with Crippen molar-refractivity contribution in [2.75, 3.05) is 16.8 Å². The number of amides is 1. The molecule has 0 bridgehead atoms. The molecule has 270 valence electrons. The highest BCUT2D eigenvalue weighted by molar-refractivity contribution is 7.99. The summed E-state index contributed by atoms with van der Waals surface area (Å²) in [6.07, 6.45) is -1.17. The topological polar surface area (TPSA) is 140 Å². The van der Waals surface area contributed by atoms with Crippen LogP contribution in [0.5, 0.6) is 0 Å². The van der Waals surface area contributed by atoms with Crippen LogP contribution in [-0.2, 0) is 37.3 Å². The molecule has 1 heterocycles. The highest BCUT2D eigenvalue weighted by atomic mass is 32.2. The van der Waals surface area contributed by atoms with Gasteiger partial charge in [-0.1, -0.05) is 103 Å². The molecule has 5 aromatic rings. The molecule has 1 fully saturated rings. The van der Waals surface area contributed by atoms with E-state index in [9.17, 15) is 18.3 Å². The first-order chi connectivity index (χ1) is 25.1. The summed E-state index contributed by atoms with van der Waals surface area (Å²) < 4.78 is 42.7. The Hall–Kier alpha value is -4.49. The minimum Gasteiger partial charge on any atom is -0.398 e. The van der Waals surface area contributed by atoms with Gasteiger partial charge in [0.05, 0.1) is 23.7 Å². The lowest BCUT2D eigenvalue weighted by atomic mass is 9.91. The molecule has 1 amide bonds. The maximum atomic E-state index is 13.9. The third-order valence-corrected chi connectivity index (χ3v) is 11.8. The van der Waals surface area contributed by atoms with E-state index in [4.69, 9.17) is 15.2 Å². The Labute approximate surface area is 309 Å². The maximum Gasteiger partial charge on any atom is 0.242 e. The highest BCUT2D eigenvalue weighted by Gasteiger charge is 2.38. The van der Waals surface area contributed by atoms with Crippen molar-refractivity contribution in [3.63, 3.8) is 0 Å². The fourth-order valence-electron chi connectivity index (χ4n) is 6.10. The number of nitrogens with one attached hydrogen (secondary N) is 2. The Balaban J connectivity index is 1.24. The molecule has 5 aromatic carbocycles. The number of rotatable bonds is 13. The summed E-state index contributed by atoms with van der Waals surface area (Å²) in [5.74, 6) is 0.0864. The molecule has 1 saturated heterocycles. The van der Waals surface area contributed by atoms with Crippen molar-refractivity contribution >= 4 is 39.1 Å². The van der Waals surface area contributed by atoms with E-state index in [1.54, 1.807) is 42.1 Å². The number of carbonyl (C=O) groups is 1. The van der Waals surface area contributed by atoms with Gasteiger partial charge in [0.2, 0.25) is 15.9 Å². The first kappa shape index (κ1) is 37.3. The fraction of sp³-hybridized carbons (Fsp3) is 0.244. The summed E-state index contributed by atoms with van der Waals surface area (Å²) in [5, 5.41) is 12.5. The van der Waals surface area contributed by atoms with Crippen molar-refractivity contribution in [2.45, 2.75) is 61.2 Å². The lowest BCUT2D eigenvalue weighted by Crippen LogP contribution is -2.45. The van der Waals surface area contributed by atoms with Gasteiger partial charge in [-0.15, -0.1) is 11.8 Å². The lowest BCUT2D eigenvalue weighted by molar-refractivity contribution is -0.268. The smallest absolute Gasteiger partial charge is 0.242 e. The first-order valence-corrected chi connectivity index (χ1v) is 19.6. The van der Waals surface area contributed by atoms with E-state index in [1.807, 2.05) is 91.9 Å². The lowest BCUT2D eigenvalue weighted by Gasteiger charge is -2.41. The molecular formula is C41H43N3O6S2. The average molecular weight is 738 g/mol. The van der Waals surface area contributed by atoms with Gasteiger partial charge in [-0.3, -0.25) is 4.79 Å². The van der Waals surface area contributed by atoms with Gasteiger partial charge >= 0.3 is 0 Å². The van der Waals surface area contributed by atoms with Gasteiger partial charge in [0.15, 0.2) is 6.29 Å². The third kappa shape index (κ3) is 9.29. The third-order valence-electron chi connectivity index (χ3n) is 9.10. The zero-order valence-electron chi connectivity index (χ0n) is 29.0. The van der Waals surface area contributed by atoms with Crippen molar-refractivity contribution in [3.8, 4) is 0 Å². The Morgan fingerprint density at radius 2 is 1.56 bits per heavy atom. The molecule has 11 heteroatoms. The largest absolute Gasteiger partial charge is 0.398 e. The number of aliphatic hydroxyl groups excluding tert-OH is 1. The number of para-hydroxylation sites is 1. The molecule has 6 rings (SSSR count). The second kappa shape index (κ2) is 16.9. The van der Waals surface area contributed by atoms with Crippen LogP contribution in [0.15, 0.2) is 137 Å². The van der Waals surface area contributed by atoms with Crippen molar-refractivity contribution in [1.29, 1.82) is 0 Å². The van der Waals surface area contributed by atoms with Crippen LogP contribution in [0, 0.1) is 12.8 Å². The highest BCUT2D eigenvalue weighted by Crippen LogP contribution is 2.43. The number of aryl methyl sites for hydroxylation is 1. The predicted molar refractivity (Wildman–Crippen MR) is 205 cm³/mol. The normalized spacial score (nSPS) is 19.5. The van der Waals surface area contributed by atoms with E-state index in [-0.39, 0.29) is 36.0 Å². The second-order valence-corrected chi connectivity index (χ2v) is 15.7. The van der Waals surface area contributed by atoms with Gasteiger partial charge in [0.25, 0.3) is 0 Å². The molecule has 0 aromatic heterocycles. The van der Waals surface area contributed by atoms with Crippen LogP contribution in [0.2, 0.25) is 0 Å². The zero-order chi connectivity index (χ0) is 36.7. The maximum absolute atomic E-state index is 13.9. The number of carbonyl (C=O) groups excluding carboxylic acids is 1. The van der Waals surface area contributed by atoms with Crippen LogP contribution in [0.3, 0.4) is 0 Å². The number of aliphatic hydroxyl groups is 1. The van der Waals surface area contributed by atoms with Crippen molar-refractivity contribution in [2.24, 2.45) is 5.92 Å². The summed E-state index contributed by atoms with van der Waals surface area (Å²) in [4.78, 5) is 14.9. The van der Waals surface area contributed by atoms with E-state index >= 15 is 0 Å². The Bertz CT molecular complexity index is 2060. The monoisotopic (exact) mass is 737 g/mol. The first-order valence-electron chi connectivity index (χ1n) is 17.1. The van der Waals surface area contributed by atoms with Gasteiger partial charge in [-0.05, 0) is 66.4 Å². The van der Waals surface area contributed by atoms with E-state index < -0.39 is 28.3 Å². The number of nitrogens with two attached hydrogens (primary N) is 1. The number of benzene rings is 5. The quantitative estimate of drug-likeness (QED) is 0.0737. The van der Waals surface area contributed by atoms with E-state index in [1.165, 1.54) is 12.1 Å². The van der Waals surface area contributed by atoms with Gasteiger partial charge in [-0.25, -0.2) is 8.42 Å². The zero-order valence-corrected chi connectivity index (χ0v) is 30.6. The summed E-state index contributed by atoms with van der Waals surface area (Å²) >= 11 is 1.62. The van der Waals surface area contributed by atoms with Gasteiger partial charge < -0.3 is 25.6 Å². The summed E-state index contributed by atoms with van der Waals surface area (Å²) in [6, 6.07) is 37.3. The SMILES string of the molecule is Cc1ccc(S(=O)(=O)N[C@H](Cc2ccccc2)C(=O)Nc2cccc(C3O[C@H](CSc4ccccc4N)[C@H](C)[C@H](c4ccc(CO)cc4)O3)c2)cc1. The molecule has 0 spiro atoms. The van der Waals surface area contributed by atoms with Crippen LogP contribution >= 0.6 is 11.8 Å². The van der Waals surface area contributed by atoms with Crippen LogP contribution < -0.4 is 15.8 Å². The van der Waals surface area contributed by atoms with Gasteiger partial charge in [0, 0.05) is 33.5 Å². The molecule has 0 aliphatic carbocycles. The number of ether oxygens (including phenoxy) is 2. The molecule has 5 atom stereocenters. The minimum absolute atomic E-state index is 0.0307. The Kier molecular flexibility index (Phi) is 12.1. The predicted octanol–water partition coefficient (Wildman–Crippen LogP) is 7.18. The van der Waals surface area contributed by atoms with Crippen molar-refractivity contribution in [1.82, 2.24) is 4.72 Å². The van der Waals surface area contributed by atoms with Gasteiger partial charge in [-0.2, -0.15) is 4.72 Å². The molecule has 5 N–H and O–H groups in total. The molecular weight excluding hydrogens is 695 g/mol. The van der Waals surface area contributed by atoms with Crippen LogP contribution in [0.4, 0.5) is 11.4 Å². The Morgan fingerprint density at radius 1 is 0.846 bits per heavy atom. The number of anilines is 2. The van der Waals surface area contributed by atoms with Crippen molar-refractivity contribution in [3.05, 3.63) is 155 Å². The molecule has 1 aliphatic rings. The van der Waals surface area contributed by atoms with Crippen molar-refractivity contribution < 1.29 is 27.8 Å². The molecule has 0 saturated carbocycles. The minimum atomic E-state index is -4.01. The average Bonchev–Trinajstić information content (AvgIpc) is 3.15.